The van der Waals surface area contributed by atoms with Gasteiger partial charge < -0.3 is 0 Å². The Morgan fingerprint density at radius 2 is 2.09 bits per heavy atom. The van der Waals surface area contributed by atoms with Crippen molar-refractivity contribution >= 4 is 44.6 Å². The molecule has 9 heteroatoms. The Hall–Kier alpha value is -1.17. The summed E-state index contributed by atoms with van der Waals surface area (Å²) in [5.41, 5.74) is 0.777. The molecule has 5 nitrogen and oxygen atoms in total. The normalized spacial score (nSPS) is 11.6. The van der Waals surface area contributed by atoms with Crippen LogP contribution in [0.2, 0.25) is 8.67 Å². The van der Waals surface area contributed by atoms with E-state index in [0.29, 0.717) is 10.8 Å². The lowest BCUT2D eigenvalue weighted by Crippen LogP contribution is -2.34. The monoisotopic (exact) mass is 389 g/mol. The molecule has 2 rings (SSSR count). The van der Waals surface area contributed by atoms with Crippen LogP contribution in [0.5, 0.6) is 0 Å². The molecule has 23 heavy (non-hydrogen) atoms. The number of sulfonamides is 1. The third-order valence-corrected chi connectivity index (χ3v) is 6.71. The highest BCUT2D eigenvalue weighted by Gasteiger charge is 2.28. The van der Waals surface area contributed by atoms with E-state index in [2.05, 4.69) is 4.98 Å². The van der Waals surface area contributed by atoms with Gasteiger partial charge in [0.1, 0.15) is 9.23 Å². The predicted octanol–water partition coefficient (Wildman–Crippen LogP) is 3.60. The molecule has 0 fully saturated rings. The van der Waals surface area contributed by atoms with Crippen molar-refractivity contribution in [1.82, 2.24) is 9.29 Å². The van der Waals surface area contributed by atoms with Crippen molar-refractivity contribution in [2.75, 3.05) is 13.1 Å². The van der Waals surface area contributed by atoms with E-state index in [1.165, 1.54) is 10.4 Å². The Morgan fingerprint density at radius 3 is 2.65 bits per heavy atom. The molecule has 0 aromatic carbocycles. The van der Waals surface area contributed by atoms with Crippen molar-refractivity contribution in [2.45, 2.75) is 17.7 Å². The van der Waals surface area contributed by atoms with Crippen LogP contribution in [0.25, 0.3) is 0 Å². The van der Waals surface area contributed by atoms with Gasteiger partial charge in [-0.3, -0.25) is 4.98 Å². The van der Waals surface area contributed by atoms with Gasteiger partial charge in [0.05, 0.1) is 10.4 Å². The van der Waals surface area contributed by atoms with Gasteiger partial charge in [-0.2, -0.15) is 9.57 Å². The highest BCUT2D eigenvalue weighted by molar-refractivity contribution is 7.89. The lowest BCUT2D eigenvalue weighted by Gasteiger charge is -2.20. The Labute approximate surface area is 149 Å². The van der Waals surface area contributed by atoms with Gasteiger partial charge in [-0.05, 0) is 18.2 Å². The third kappa shape index (κ3) is 4.66. The summed E-state index contributed by atoms with van der Waals surface area (Å²) in [6.45, 7) is 0.306. The van der Waals surface area contributed by atoms with Crippen LogP contribution in [-0.2, 0) is 16.4 Å². The van der Waals surface area contributed by atoms with E-state index in [1.54, 1.807) is 12.3 Å². The third-order valence-electron chi connectivity index (χ3n) is 3.06. The van der Waals surface area contributed by atoms with Gasteiger partial charge in [-0.15, -0.1) is 11.3 Å². The van der Waals surface area contributed by atoms with Crippen molar-refractivity contribution < 1.29 is 8.42 Å². The second-order valence-corrected chi connectivity index (χ2v) is 8.76. The summed E-state index contributed by atoms with van der Waals surface area (Å²) in [4.78, 5) is 4.16. The van der Waals surface area contributed by atoms with Crippen LogP contribution in [0.1, 0.15) is 12.1 Å². The van der Waals surface area contributed by atoms with Crippen LogP contribution in [0.3, 0.4) is 0 Å². The summed E-state index contributed by atoms with van der Waals surface area (Å²) < 4.78 is 27.2. The second-order valence-electron chi connectivity index (χ2n) is 4.57. The van der Waals surface area contributed by atoms with Gasteiger partial charge in [0.15, 0.2) is 0 Å². The van der Waals surface area contributed by atoms with Crippen molar-refractivity contribution in [1.29, 1.82) is 5.26 Å². The molecular weight excluding hydrogens is 377 g/mol. The zero-order valence-electron chi connectivity index (χ0n) is 11.9. The van der Waals surface area contributed by atoms with E-state index >= 15 is 0 Å². The first-order valence-electron chi connectivity index (χ1n) is 6.67. The molecule has 0 atom stereocenters. The Balaban J connectivity index is 2.23. The number of nitrogens with zero attached hydrogens (tertiary/aromatic N) is 3. The molecule has 0 aliphatic rings. The van der Waals surface area contributed by atoms with Crippen LogP contribution in [0.4, 0.5) is 0 Å². The average Bonchev–Trinajstić information content (AvgIpc) is 2.87. The summed E-state index contributed by atoms with van der Waals surface area (Å²) in [6.07, 6.45) is 2.19. The molecule has 0 N–H and O–H groups in total. The summed E-state index contributed by atoms with van der Waals surface area (Å²) in [6, 6.07) is 8.75. The second kappa shape index (κ2) is 8.08. The molecule has 122 valence electrons. The molecular formula is C14H13Cl2N3O2S2. The maximum absolute atomic E-state index is 12.8. The van der Waals surface area contributed by atoms with E-state index in [9.17, 15) is 8.42 Å². The topological polar surface area (TPSA) is 74.1 Å². The van der Waals surface area contributed by atoms with Gasteiger partial charge in [0.25, 0.3) is 0 Å². The van der Waals surface area contributed by atoms with Crippen LogP contribution in [-0.4, -0.2) is 30.8 Å². The largest absolute Gasteiger partial charge is 0.261 e. The zero-order valence-corrected chi connectivity index (χ0v) is 15.1. The molecule has 0 saturated carbocycles. The number of nitriles is 1. The molecule has 2 aromatic rings. The van der Waals surface area contributed by atoms with Gasteiger partial charge in [0, 0.05) is 37.8 Å². The SMILES string of the molecule is N#CCCN(CCc1ccccn1)S(=O)(=O)c1cc(Cl)sc1Cl. The van der Waals surface area contributed by atoms with Crippen LogP contribution in [0, 0.1) is 11.3 Å². The smallest absolute Gasteiger partial charge is 0.245 e. The van der Waals surface area contributed by atoms with Crippen molar-refractivity contribution in [3.8, 4) is 6.07 Å². The van der Waals surface area contributed by atoms with Gasteiger partial charge in [-0.25, -0.2) is 8.42 Å². The molecule has 0 radical (unpaired) electrons. The summed E-state index contributed by atoms with van der Waals surface area (Å²) >= 11 is 12.8. The molecule has 0 spiro atoms. The maximum Gasteiger partial charge on any atom is 0.245 e. The fourth-order valence-corrected chi connectivity index (χ4v) is 5.51. The fourth-order valence-electron chi connectivity index (χ4n) is 1.95. The Morgan fingerprint density at radius 1 is 1.30 bits per heavy atom. The van der Waals surface area contributed by atoms with Crippen molar-refractivity contribution in [3.63, 3.8) is 0 Å². The molecule has 2 aromatic heterocycles. The van der Waals surface area contributed by atoms with Gasteiger partial charge in [0.2, 0.25) is 10.0 Å². The lowest BCUT2D eigenvalue weighted by molar-refractivity contribution is 0.420. The van der Waals surface area contributed by atoms with E-state index in [4.69, 9.17) is 28.5 Å². The van der Waals surface area contributed by atoms with Crippen LogP contribution in [0.15, 0.2) is 35.4 Å². The zero-order chi connectivity index (χ0) is 16.9. The molecule has 0 aliphatic carbocycles. The average molecular weight is 390 g/mol. The first-order valence-corrected chi connectivity index (χ1v) is 9.68. The quantitative estimate of drug-likeness (QED) is 0.724. The van der Waals surface area contributed by atoms with E-state index in [-0.39, 0.29) is 28.7 Å². The van der Waals surface area contributed by atoms with Crippen LogP contribution >= 0.6 is 34.5 Å². The number of aromatic nitrogens is 1. The maximum atomic E-state index is 12.8. The highest BCUT2D eigenvalue weighted by atomic mass is 35.5. The van der Waals surface area contributed by atoms with Crippen molar-refractivity contribution in [3.05, 3.63) is 44.8 Å². The number of halogens is 2. The summed E-state index contributed by atoms with van der Waals surface area (Å²) in [5, 5.41) is 8.77. The number of rotatable bonds is 7. The first-order chi connectivity index (χ1) is 10.9. The minimum atomic E-state index is -3.80. The molecule has 2 heterocycles. The highest BCUT2D eigenvalue weighted by Crippen LogP contribution is 2.35. The van der Waals surface area contributed by atoms with E-state index in [0.717, 1.165) is 17.0 Å². The number of pyridine rings is 1. The molecule has 0 saturated heterocycles. The Bertz CT molecular complexity index is 801. The molecule has 0 bridgehead atoms. The van der Waals surface area contributed by atoms with Gasteiger partial charge >= 0.3 is 0 Å². The van der Waals surface area contributed by atoms with E-state index < -0.39 is 10.0 Å². The fraction of sp³-hybridized carbons (Fsp3) is 0.286. The minimum Gasteiger partial charge on any atom is -0.261 e. The number of thiophene rings is 1. The lowest BCUT2D eigenvalue weighted by atomic mass is 10.3. The summed E-state index contributed by atoms with van der Waals surface area (Å²) in [7, 11) is -3.80. The number of hydrogen-bond acceptors (Lipinski definition) is 5. The standard InChI is InChI=1S/C14H13Cl2N3O2S2/c15-13-10-12(14(16)22-13)23(20,21)19(8-3-6-17)9-5-11-4-1-2-7-18-11/h1-2,4,7,10H,3,5,8-9H2. The molecule has 0 aliphatic heterocycles. The van der Waals surface area contributed by atoms with Gasteiger partial charge in [-0.1, -0.05) is 29.3 Å². The Kier molecular flexibility index (Phi) is 6.39. The summed E-state index contributed by atoms with van der Waals surface area (Å²) in [5.74, 6) is 0. The van der Waals surface area contributed by atoms with Crippen LogP contribution < -0.4 is 0 Å². The first kappa shape index (κ1) is 18.2. The molecule has 0 unspecified atom stereocenters. The number of hydrogen-bond donors (Lipinski definition) is 0. The predicted molar refractivity (Wildman–Crippen MR) is 91.3 cm³/mol. The van der Waals surface area contributed by atoms with E-state index in [1.807, 2.05) is 18.2 Å². The van der Waals surface area contributed by atoms with Crippen molar-refractivity contribution in [2.24, 2.45) is 0 Å². The molecule has 0 amide bonds. The minimum absolute atomic E-state index is 0.0203.